The minimum Gasteiger partial charge on any atom is -0.296 e. The number of hydrogen-bond acceptors (Lipinski definition) is 2. The predicted molar refractivity (Wildman–Crippen MR) is 32.2 cm³/mol. The van der Waals surface area contributed by atoms with Crippen molar-refractivity contribution < 1.29 is 0 Å². The number of hydrazine groups is 1. The van der Waals surface area contributed by atoms with Crippen molar-refractivity contribution >= 4 is 16.1 Å². The van der Waals surface area contributed by atoms with Crippen LogP contribution in [0.15, 0.2) is 24.6 Å². The number of nitrogens with one attached hydrogen (secondary N) is 1. The number of rotatable bonds is 0. The van der Waals surface area contributed by atoms with E-state index in [0.717, 1.165) is 0 Å². The molecule has 1 rings (SSSR count). The number of halogens is 1. The molecule has 0 atom stereocenters. The first-order valence-electron chi connectivity index (χ1n) is 1.94. The normalized spacial score (nSPS) is 17.0. The maximum atomic E-state index is 3.17. The van der Waals surface area contributed by atoms with Gasteiger partial charge >= 0.3 is 0 Å². The van der Waals surface area contributed by atoms with Gasteiger partial charge in [0.25, 0.3) is 0 Å². The quantitative estimate of drug-likeness (QED) is 0.536. The van der Waals surface area contributed by atoms with Crippen LogP contribution >= 0.6 is 16.1 Å². The molecule has 0 unspecified atom stereocenters. The lowest BCUT2D eigenvalue weighted by atomic mass is 10.5. The van der Waals surface area contributed by atoms with E-state index in [9.17, 15) is 0 Å². The van der Waals surface area contributed by atoms with Crippen molar-refractivity contribution in [2.45, 2.75) is 0 Å². The van der Waals surface area contributed by atoms with Gasteiger partial charge in [-0.2, -0.15) is 0 Å². The molecule has 1 N–H and O–H groups in total. The molecule has 0 bridgehead atoms. The SMILES string of the molecule is BrN1C=CC=CN1. The molecule has 1 heterocycles. The van der Waals surface area contributed by atoms with Gasteiger partial charge < -0.3 is 0 Å². The first-order valence-corrected chi connectivity index (χ1v) is 2.65. The van der Waals surface area contributed by atoms with E-state index < -0.39 is 0 Å². The minimum atomic E-state index is 1.69. The van der Waals surface area contributed by atoms with Crippen LogP contribution in [0.25, 0.3) is 0 Å². The van der Waals surface area contributed by atoms with Gasteiger partial charge in [0.2, 0.25) is 0 Å². The number of allylic oxidation sites excluding steroid dienone is 2. The van der Waals surface area contributed by atoms with Crippen molar-refractivity contribution in [2.24, 2.45) is 0 Å². The fourth-order valence-electron chi connectivity index (χ4n) is 0.338. The van der Waals surface area contributed by atoms with Crippen molar-refractivity contribution in [3.8, 4) is 0 Å². The maximum absolute atomic E-state index is 3.17. The Bertz CT molecular complexity index is 108. The lowest BCUT2D eigenvalue weighted by molar-refractivity contribution is 0.552. The summed E-state index contributed by atoms with van der Waals surface area (Å²) in [5, 5.41) is 0. The van der Waals surface area contributed by atoms with E-state index >= 15 is 0 Å². The molecule has 0 spiro atoms. The van der Waals surface area contributed by atoms with Crippen LogP contribution in [-0.4, -0.2) is 4.03 Å². The molecule has 38 valence electrons. The van der Waals surface area contributed by atoms with Crippen LogP contribution in [0, 0.1) is 0 Å². The minimum absolute atomic E-state index is 1.69. The molecule has 0 fully saturated rings. The highest BCUT2D eigenvalue weighted by molar-refractivity contribution is 9.07. The van der Waals surface area contributed by atoms with E-state index in [1.165, 1.54) is 0 Å². The smallest absolute Gasteiger partial charge is 0.0723 e. The highest BCUT2D eigenvalue weighted by atomic mass is 79.9. The Morgan fingerprint density at radius 1 is 1.43 bits per heavy atom. The van der Waals surface area contributed by atoms with E-state index in [4.69, 9.17) is 0 Å². The second-order valence-electron chi connectivity index (χ2n) is 1.14. The summed E-state index contributed by atoms with van der Waals surface area (Å²) in [6.45, 7) is 0. The average Bonchev–Trinajstić information content (AvgIpc) is 1.69. The second-order valence-corrected chi connectivity index (χ2v) is 1.91. The van der Waals surface area contributed by atoms with Crippen LogP contribution in [-0.2, 0) is 0 Å². The van der Waals surface area contributed by atoms with E-state index in [0.29, 0.717) is 0 Å². The van der Waals surface area contributed by atoms with Crippen LogP contribution in [0.5, 0.6) is 0 Å². The summed E-state index contributed by atoms with van der Waals surface area (Å²) < 4.78 is 1.69. The fourth-order valence-corrected chi connectivity index (χ4v) is 0.593. The molecule has 1 aliphatic rings. The molecule has 0 saturated carbocycles. The van der Waals surface area contributed by atoms with Crippen molar-refractivity contribution in [1.82, 2.24) is 9.46 Å². The van der Waals surface area contributed by atoms with Gasteiger partial charge in [-0.05, 0) is 12.2 Å². The molecular weight excluding hydrogens is 156 g/mol. The first kappa shape index (κ1) is 4.71. The van der Waals surface area contributed by atoms with Gasteiger partial charge in [-0.1, -0.05) is 0 Å². The Balaban J connectivity index is 2.49. The van der Waals surface area contributed by atoms with Gasteiger partial charge in [-0.25, -0.2) is 4.03 Å². The molecule has 3 heteroatoms. The molecule has 0 aromatic heterocycles. The van der Waals surface area contributed by atoms with Crippen molar-refractivity contribution in [3.05, 3.63) is 24.6 Å². The van der Waals surface area contributed by atoms with Gasteiger partial charge in [0, 0.05) is 12.4 Å². The van der Waals surface area contributed by atoms with Crippen molar-refractivity contribution in [2.75, 3.05) is 0 Å². The largest absolute Gasteiger partial charge is 0.296 e. The Morgan fingerprint density at radius 3 is 2.57 bits per heavy atom. The first-order chi connectivity index (χ1) is 3.39. The lowest BCUT2D eigenvalue weighted by Gasteiger charge is -2.11. The zero-order chi connectivity index (χ0) is 5.11. The van der Waals surface area contributed by atoms with Crippen LogP contribution < -0.4 is 5.43 Å². The highest BCUT2D eigenvalue weighted by Crippen LogP contribution is 1.96. The summed E-state index contributed by atoms with van der Waals surface area (Å²) in [7, 11) is 0. The van der Waals surface area contributed by atoms with Crippen LogP contribution in [0.1, 0.15) is 0 Å². The van der Waals surface area contributed by atoms with Gasteiger partial charge in [0.05, 0.1) is 16.1 Å². The number of hydrogen-bond donors (Lipinski definition) is 1. The Morgan fingerprint density at radius 2 is 2.29 bits per heavy atom. The van der Waals surface area contributed by atoms with Crippen molar-refractivity contribution in [1.29, 1.82) is 0 Å². The fraction of sp³-hybridized carbons (Fsp3) is 0. The molecule has 1 aliphatic heterocycles. The standard InChI is InChI=1S/C4H5BrN2/c5-7-4-2-1-3-6-7/h1-4,6H. The van der Waals surface area contributed by atoms with Crippen molar-refractivity contribution in [3.63, 3.8) is 0 Å². The third-order valence-corrected chi connectivity index (χ3v) is 1.06. The zero-order valence-corrected chi connectivity index (χ0v) is 5.22. The summed E-state index contributed by atoms with van der Waals surface area (Å²) in [6.07, 6.45) is 7.53. The average molecular weight is 161 g/mol. The molecule has 0 saturated heterocycles. The topological polar surface area (TPSA) is 15.3 Å². The van der Waals surface area contributed by atoms with Gasteiger partial charge in [-0.15, -0.1) is 0 Å². The molecule has 0 radical (unpaired) electrons. The summed E-state index contributed by atoms with van der Waals surface area (Å²) in [4.78, 5) is 0. The van der Waals surface area contributed by atoms with Gasteiger partial charge in [-0.3, -0.25) is 5.43 Å². The van der Waals surface area contributed by atoms with E-state index in [1.54, 1.807) is 4.03 Å². The summed E-state index contributed by atoms with van der Waals surface area (Å²) in [5.74, 6) is 0. The zero-order valence-electron chi connectivity index (χ0n) is 3.63. The molecule has 7 heavy (non-hydrogen) atoms. The monoisotopic (exact) mass is 160 g/mol. The molecule has 0 aliphatic carbocycles. The molecule has 0 aromatic carbocycles. The summed E-state index contributed by atoms with van der Waals surface area (Å²) in [5.41, 5.74) is 2.86. The molecular formula is C4H5BrN2. The second kappa shape index (κ2) is 2.02. The number of nitrogens with zero attached hydrogens (tertiary/aromatic N) is 1. The third-order valence-electron chi connectivity index (χ3n) is 0.622. The highest BCUT2D eigenvalue weighted by Gasteiger charge is 1.86. The third kappa shape index (κ3) is 1.23. The molecule has 0 aromatic rings. The van der Waals surface area contributed by atoms with Crippen LogP contribution in [0.2, 0.25) is 0 Å². The lowest BCUT2D eigenvalue weighted by Crippen LogP contribution is -2.19. The van der Waals surface area contributed by atoms with E-state index in [-0.39, 0.29) is 0 Å². The maximum Gasteiger partial charge on any atom is 0.0723 e. The van der Waals surface area contributed by atoms with Gasteiger partial charge in [0.15, 0.2) is 0 Å². The van der Waals surface area contributed by atoms with Crippen LogP contribution in [0.4, 0.5) is 0 Å². The summed E-state index contributed by atoms with van der Waals surface area (Å²) >= 11 is 3.17. The summed E-state index contributed by atoms with van der Waals surface area (Å²) in [6, 6.07) is 0. The van der Waals surface area contributed by atoms with Gasteiger partial charge in [0.1, 0.15) is 0 Å². The van der Waals surface area contributed by atoms with E-state index in [2.05, 4.69) is 21.6 Å². The Hall–Kier alpha value is -0.440. The Kier molecular flexibility index (Phi) is 1.36. The predicted octanol–water partition coefficient (Wildman–Crippen LogP) is 1.14. The van der Waals surface area contributed by atoms with E-state index in [1.807, 2.05) is 24.6 Å². The molecule has 2 nitrogen and oxygen atoms in total. The van der Waals surface area contributed by atoms with Crippen LogP contribution in [0.3, 0.4) is 0 Å². The Labute approximate surface area is 50.8 Å². The molecule has 0 amide bonds.